The molecule has 26 heavy (non-hydrogen) atoms. The molecule has 0 radical (unpaired) electrons. The lowest BCUT2D eigenvalue weighted by atomic mass is 9.97. The Morgan fingerprint density at radius 2 is 1.92 bits per heavy atom. The summed E-state index contributed by atoms with van der Waals surface area (Å²) in [6.07, 6.45) is 0.575. The van der Waals surface area contributed by atoms with Crippen LogP contribution in [0.5, 0.6) is 5.75 Å². The molecule has 1 atom stereocenters. The number of fused-ring (bicyclic) bond motifs is 2. The number of hydrogen-bond donors (Lipinski definition) is 0. The van der Waals surface area contributed by atoms with Crippen LogP contribution in [-0.4, -0.2) is 25.0 Å². The molecule has 0 aliphatic carbocycles. The zero-order valence-electron chi connectivity index (χ0n) is 14.4. The molecule has 132 valence electrons. The first-order chi connectivity index (χ1) is 12.6. The Labute approximate surface area is 155 Å². The molecule has 1 aliphatic rings. The number of ketones is 1. The molecule has 0 N–H and O–H groups in total. The summed E-state index contributed by atoms with van der Waals surface area (Å²) in [5.41, 5.74) is 1.94. The Kier molecular flexibility index (Phi) is 4.47. The second-order valence-electron chi connectivity index (χ2n) is 6.40. The molecule has 1 aromatic heterocycles. The number of Topliss-reactive ketones (excluding diaryl/α,β-unsaturated/α-hetero) is 1. The van der Waals surface area contributed by atoms with Gasteiger partial charge in [0.15, 0.2) is 6.61 Å². The van der Waals surface area contributed by atoms with Crippen LogP contribution in [0.25, 0.3) is 10.1 Å². The van der Waals surface area contributed by atoms with Crippen LogP contribution in [0.1, 0.15) is 20.8 Å². The van der Waals surface area contributed by atoms with Gasteiger partial charge in [0.25, 0.3) is 0 Å². The van der Waals surface area contributed by atoms with E-state index in [4.69, 9.17) is 9.47 Å². The average Bonchev–Trinajstić information content (AvgIpc) is 3.02. The van der Waals surface area contributed by atoms with E-state index in [0.717, 1.165) is 27.0 Å². The number of carbonyl (C=O) groups is 2. The third kappa shape index (κ3) is 3.10. The van der Waals surface area contributed by atoms with Crippen molar-refractivity contribution in [3.8, 4) is 5.75 Å². The largest absolute Gasteiger partial charge is 0.492 e. The van der Waals surface area contributed by atoms with Crippen molar-refractivity contribution >= 4 is 33.2 Å². The van der Waals surface area contributed by atoms with Gasteiger partial charge in [0, 0.05) is 4.70 Å². The van der Waals surface area contributed by atoms with Crippen LogP contribution in [0.15, 0.2) is 48.5 Å². The van der Waals surface area contributed by atoms with E-state index in [0.29, 0.717) is 11.3 Å². The lowest BCUT2D eigenvalue weighted by molar-refractivity contribution is -0.148. The highest BCUT2D eigenvalue weighted by Gasteiger charge is 2.28. The minimum atomic E-state index is -0.383. The van der Waals surface area contributed by atoms with Crippen molar-refractivity contribution in [2.75, 3.05) is 13.2 Å². The lowest BCUT2D eigenvalue weighted by Gasteiger charge is -2.23. The van der Waals surface area contributed by atoms with Crippen LogP contribution >= 0.6 is 11.3 Å². The summed E-state index contributed by atoms with van der Waals surface area (Å²) >= 11 is 1.44. The molecular formula is C21H18O4S. The summed E-state index contributed by atoms with van der Waals surface area (Å²) in [6.45, 7) is 1.98. The fourth-order valence-corrected chi connectivity index (χ4v) is 4.37. The maximum atomic E-state index is 12.5. The quantitative estimate of drug-likeness (QED) is 0.513. The van der Waals surface area contributed by atoms with E-state index < -0.39 is 0 Å². The van der Waals surface area contributed by atoms with Crippen LogP contribution in [-0.2, 0) is 16.0 Å². The maximum Gasteiger partial charge on any atom is 0.313 e. The number of aryl methyl sites for hydroxylation is 1. The molecule has 4 nitrogen and oxygen atoms in total. The van der Waals surface area contributed by atoms with Gasteiger partial charge in [-0.15, -0.1) is 11.3 Å². The van der Waals surface area contributed by atoms with Crippen LogP contribution in [0.4, 0.5) is 0 Å². The van der Waals surface area contributed by atoms with Gasteiger partial charge in [0.2, 0.25) is 5.78 Å². The number of thiophene rings is 1. The third-order valence-electron chi connectivity index (χ3n) is 4.65. The van der Waals surface area contributed by atoms with Crippen LogP contribution in [0, 0.1) is 12.8 Å². The Bertz CT molecular complexity index is 989. The molecule has 1 aliphatic heterocycles. The van der Waals surface area contributed by atoms with Crippen molar-refractivity contribution in [3.05, 3.63) is 64.5 Å². The Balaban J connectivity index is 1.41. The molecule has 5 heteroatoms. The van der Waals surface area contributed by atoms with Crippen molar-refractivity contribution in [1.82, 2.24) is 0 Å². The number of para-hydroxylation sites is 1. The van der Waals surface area contributed by atoms with Crippen LogP contribution in [0.3, 0.4) is 0 Å². The Hall–Kier alpha value is -2.66. The van der Waals surface area contributed by atoms with Crippen molar-refractivity contribution in [2.45, 2.75) is 13.3 Å². The molecule has 0 saturated heterocycles. The van der Waals surface area contributed by atoms with Crippen molar-refractivity contribution in [1.29, 1.82) is 0 Å². The molecule has 2 aromatic carbocycles. The molecule has 0 saturated carbocycles. The molecule has 2 heterocycles. The van der Waals surface area contributed by atoms with Gasteiger partial charge in [-0.3, -0.25) is 9.59 Å². The molecule has 0 bridgehead atoms. The van der Waals surface area contributed by atoms with Gasteiger partial charge in [-0.2, -0.15) is 0 Å². The van der Waals surface area contributed by atoms with Crippen molar-refractivity contribution in [2.24, 2.45) is 5.92 Å². The molecule has 4 rings (SSSR count). The van der Waals surface area contributed by atoms with E-state index in [9.17, 15) is 9.59 Å². The van der Waals surface area contributed by atoms with E-state index in [1.54, 1.807) is 0 Å². The normalized spacial score (nSPS) is 16.0. The van der Waals surface area contributed by atoms with Gasteiger partial charge >= 0.3 is 5.97 Å². The van der Waals surface area contributed by atoms with Gasteiger partial charge in [-0.05, 0) is 42.0 Å². The topological polar surface area (TPSA) is 52.6 Å². The van der Waals surface area contributed by atoms with Gasteiger partial charge in [-0.1, -0.05) is 36.4 Å². The summed E-state index contributed by atoms with van der Waals surface area (Å²) in [5, 5.41) is 1.07. The minimum absolute atomic E-state index is 0.158. The van der Waals surface area contributed by atoms with Crippen LogP contribution in [0.2, 0.25) is 0 Å². The first kappa shape index (κ1) is 16.8. The van der Waals surface area contributed by atoms with E-state index in [1.807, 2.05) is 55.5 Å². The number of rotatable bonds is 4. The first-order valence-corrected chi connectivity index (χ1v) is 9.34. The summed E-state index contributed by atoms with van der Waals surface area (Å²) in [5.74, 6) is -0.101. The number of ether oxygens (including phenoxy) is 2. The van der Waals surface area contributed by atoms with E-state index >= 15 is 0 Å². The predicted molar refractivity (Wildman–Crippen MR) is 101 cm³/mol. The smallest absolute Gasteiger partial charge is 0.313 e. The summed E-state index contributed by atoms with van der Waals surface area (Å²) < 4.78 is 12.0. The average molecular weight is 366 g/mol. The zero-order valence-corrected chi connectivity index (χ0v) is 15.2. The number of esters is 1. The van der Waals surface area contributed by atoms with Crippen molar-refractivity contribution in [3.63, 3.8) is 0 Å². The van der Waals surface area contributed by atoms with Gasteiger partial charge in [0.05, 0.1) is 10.8 Å². The minimum Gasteiger partial charge on any atom is -0.492 e. The molecule has 3 aromatic rings. The molecule has 0 unspecified atom stereocenters. The predicted octanol–water partition coefficient (Wildman–Crippen LogP) is 4.19. The van der Waals surface area contributed by atoms with Gasteiger partial charge < -0.3 is 9.47 Å². The zero-order chi connectivity index (χ0) is 18.1. The SMILES string of the molecule is Cc1c(C(=O)COC(=O)[C@H]2COc3ccccc3C2)sc2ccccc12. The van der Waals surface area contributed by atoms with Crippen molar-refractivity contribution < 1.29 is 19.1 Å². The fraction of sp³-hybridized carbons (Fsp3) is 0.238. The van der Waals surface area contributed by atoms with Gasteiger partial charge in [-0.25, -0.2) is 0 Å². The standard InChI is InChI=1S/C21H18O4S/c1-13-16-7-3-5-9-19(16)26-20(13)17(22)12-25-21(23)15-10-14-6-2-4-8-18(14)24-11-15/h2-9,15H,10-12H2,1H3/t15-/m1/s1. The maximum absolute atomic E-state index is 12.5. The molecule has 0 spiro atoms. The van der Waals surface area contributed by atoms with E-state index in [1.165, 1.54) is 11.3 Å². The molecular weight excluding hydrogens is 348 g/mol. The second-order valence-corrected chi connectivity index (χ2v) is 7.46. The van der Waals surface area contributed by atoms with Gasteiger partial charge in [0.1, 0.15) is 12.4 Å². The summed E-state index contributed by atoms with van der Waals surface area (Å²) in [4.78, 5) is 25.5. The number of carbonyl (C=O) groups excluding carboxylic acids is 2. The Morgan fingerprint density at radius 1 is 1.15 bits per heavy atom. The molecule has 0 fully saturated rings. The first-order valence-electron chi connectivity index (χ1n) is 8.52. The fourth-order valence-electron chi connectivity index (χ4n) is 3.24. The Morgan fingerprint density at radius 3 is 2.77 bits per heavy atom. The summed E-state index contributed by atoms with van der Waals surface area (Å²) in [6, 6.07) is 15.6. The summed E-state index contributed by atoms with van der Waals surface area (Å²) in [7, 11) is 0. The third-order valence-corrected chi connectivity index (χ3v) is 5.97. The molecule has 0 amide bonds. The highest BCUT2D eigenvalue weighted by Crippen LogP contribution is 2.31. The monoisotopic (exact) mass is 366 g/mol. The second kappa shape index (κ2) is 6.92. The van der Waals surface area contributed by atoms with E-state index in [-0.39, 0.29) is 30.9 Å². The highest BCUT2D eigenvalue weighted by atomic mass is 32.1. The number of hydrogen-bond acceptors (Lipinski definition) is 5. The highest BCUT2D eigenvalue weighted by molar-refractivity contribution is 7.21. The van der Waals surface area contributed by atoms with Crippen LogP contribution < -0.4 is 4.74 Å². The number of benzene rings is 2. The lowest BCUT2D eigenvalue weighted by Crippen LogP contribution is -2.30. The van der Waals surface area contributed by atoms with E-state index in [2.05, 4.69) is 0 Å².